The second kappa shape index (κ2) is 9.81. The number of anilines is 1. The summed E-state index contributed by atoms with van der Waals surface area (Å²) in [6.07, 6.45) is 6.79. The standard InChI is InChI=1S/C28H29N5O3/c1-18-16-25(36-20(18)3)28(35)32-13-10-21(11-14-32)26-24(9-4-19(2)30-26)27(34)31-22-5-7-23(8-6-22)33-15-12-29-17-33/h4-9,12,15-17,21H,10-11,13-14H2,1-3H3,(H,31,34). The van der Waals surface area contributed by atoms with Crippen molar-refractivity contribution in [3.8, 4) is 5.69 Å². The molecule has 0 saturated carbocycles. The van der Waals surface area contributed by atoms with Gasteiger partial charge in [0, 0.05) is 48.5 Å². The van der Waals surface area contributed by atoms with E-state index in [1.807, 2.05) is 72.8 Å². The van der Waals surface area contributed by atoms with E-state index in [2.05, 4.69) is 10.3 Å². The molecule has 0 spiro atoms. The van der Waals surface area contributed by atoms with Crippen LogP contribution < -0.4 is 5.32 Å². The fourth-order valence-electron chi connectivity index (χ4n) is 4.60. The molecule has 1 N–H and O–H groups in total. The number of carbonyl (C=O) groups excluding carboxylic acids is 2. The lowest BCUT2D eigenvalue weighted by atomic mass is 9.89. The van der Waals surface area contributed by atoms with Gasteiger partial charge in [-0.15, -0.1) is 0 Å². The van der Waals surface area contributed by atoms with Crippen molar-refractivity contribution in [2.24, 2.45) is 0 Å². The van der Waals surface area contributed by atoms with Crippen LogP contribution in [0.2, 0.25) is 0 Å². The van der Waals surface area contributed by atoms with Gasteiger partial charge in [0.2, 0.25) is 0 Å². The van der Waals surface area contributed by atoms with E-state index >= 15 is 0 Å². The minimum atomic E-state index is -0.187. The summed E-state index contributed by atoms with van der Waals surface area (Å²) in [6, 6.07) is 13.1. The first-order chi connectivity index (χ1) is 17.4. The minimum Gasteiger partial charge on any atom is -0.456 e. The molecule has 1 aromatic carbocycles. The molecule has 8 nitrogen and oxygen atoms in total. The number of amides is 2. The van der Waals surface area contributed by atoms with Gasteiger partial charge in [-0.2, -0.15) is 0 Å². The first kappa shape index (κ1) is 23.5. The van der Waals surface area contributed by atoms with Crippen LogP contribution >= 0.6 is 0 Å². The largest absolute Gasteiger partial charge is 0.456 e. The highest BCUT2D eigenvalue weighted by Crippen LogP contribution is 2.31. The smallest absolute Gasteiger partial charge is 0.289 e. The predicted molar refractivity (Wildman–Crippen MR) is 137 cm³/mol. The predicted octanol–water partition coefficient (Wildman–Crippen LogP) is 5.06. The number of likely N-dealkylation sites (tertiary alicyclic amines) is 1. The fourth-order valence-corrected chi connectivity index (χ4v) is 4.60. The molecule has 1 saturated heterocycles. The molecular formula is C28H29N5O3. The quantitative estimate of drug-likeness (QED) is 0.428. The van der Waals surface area contributed by atoms with Crippen LogP contribution in [-0.2, 0) is 0 Å². The van der Waals surface area contributed by atoms with Gasteiger partial charge in [0.15, 0.2) is 5.76 Å². The highest BCUT2D eigenvalue weighted by atomic mass is 16.4. The Morgan fingerprint density at radius 2 is 1.78 bits per heavy atom. The SMILES string of the molecule is Cc1ccc(C(=O)Nc2ccc(-n3ccnc3)cc2)c(C2CCN(C(=O)c3cc(C)c(C)o3)CC2)n1. The van der Waals surface area contributed by atoms with Crippen molar-refractivity contribution in [3.05, 3.63) is 95.2 Å². The molecule has 4 aromatic rings. The van der Waals surface area contributed by atoms with E-state index in [0.717, 1.165) is 41.2 Å². The molecule has 1 aliphatic rings. The monoisotopic (exact) mass is 483 g/mol. The molecule has 2 amide bonds. The van der Waals surface area contributed by atoms with Gasteiger partial charge in [-0.1, -0.05) is 0 Å². The molecule has 0 atom stereocenters. The number of pyridine rings is 1. The average Bonchev–Trinajstić information content (AvgIpc) is 3.54. The summed E-state index contributed by atoms with van der Waals surface area (Å²) in [4.78, 5) is 36.8. The number of aromatic nitrogens is 3. The molecule has 3 aromatic heterocycles. The van der Waals surface area contributed by atoms with Crippen molar-refractivity contribution in [3.63, 3.8) is 0 Å². The summed E-state index contributed by atoms with van der Waals surface area (Å²) < 4.78 is 7.53. The van der Waals surface area contributed by atoms with Crippen LogP contribution in [0.4, 0.5) is 5.69 Å². The van der Waals surface area contributed by atoms with Gasteiger partial charge in [-0.25, -0.2) is 4.98 Å². The molecule has 0 unspecified atom stereocenters. The van der Waals surface area contributed by atoms with Gasteiger partial charge in [0.25, 0.3) is 11.8 Å². The molecule has 8 heteroatoms. The maximum absolute atomic E-state index is 13.3. The summed E-state index contributed by atoms with van der Waals surface area (Å²) in [7, 11) is 0. The second-order valence-corrected chi connectivity index (χ2v) is 9.27. The van der Waals surface area contributed by atoms with E-state index in [-0.39, 0.29) is 17.7 Å². The van der Waals surface area contributed by atoms with Crippen molar-refractivity contribution < 1.29 is 14.0 Å². The van der Waals surface area contributed by atoms with E-state index in [0.29, 0.717) is 30.1 Å². The molecule has 5 rings (SSSR count). The van der Waals surface area contributed by atoms with Crippen molar-refractivity contribution in [1.29, 1.82) is 0 Å². The van der Waals surface area contributed by atoms with Gasteiger partial charge in [0.1, 0.15) is 5.76 Å². The Bertz CT molecular complexity index is 1360. The fraction of sp³-hybridized carbons (Fsp3) is 0.286. The molecule has 1 fully saturated rings. The van der Waals surface area contributed by atoms with Gasteiger partial charge < -0.3 is 19.2 Å². The van der Waals surface area contributed by atoms with E-state index < -0.39 is 0 Å². The molecule has 36 heavy (non-hydrogen) atoms. The summed E-state index contributed by atoms with van der Waals surface area (Å²) in [5, 5.41) is 3.01. The first-order valence-electron chi connectivity index (χ1n) is 12.1. The third-order valence-electron chi connectivity index (χ3n) is 6.78. The Hall–Kier alpha value is -4.20. The number of furan rings is 1. The number of nitrogens with zero attached hydrogens (tertiary/aromatic N) is 4. The molecule has 0 bridgehead atoms. The van der Waals surface area contributed by atoms with Crippen LogP contribution in [0.3, 0.4) is 0 Å². The molecular weight excluding hydrogens is 454 g/mol. The number of carbonyl (C=O) groups is 2. The summed E-state index contributed by atoms with van der Waals surface area (Å²) in [5.41, 5.74) is 4.88. The number of imidazole rings is 1. The number of hydrogen-bond acceptors (Lipinski definition) is 5. The summed E-state index contributed by atoms with van der Waals surface area (Å²) in [5.74, 6) is 0.978. The Morgan fingerprint density at radius 3 is 2.42 bits per heavy atom. The maximum atomic E-state index is 13.3. The van der Waals surface area contributed by atoms with Crippen molar-refractivity contribution in [1.82, 2.24) is 19.4 Å². The lowest BCUT2D eigenvalue weighted by molar-refractivity contribution is 0.0677. The summed E-state index contributed by atoms with van der Waals surface area (Å²) >= 11 is 0. The number of aryl methyl sites for hydroxylation is 3. The van der Waals surface area contributed by atoms with Gasteiger partial charge in [-0.3, -0.25) is 14.6 Å². The molecule has 4 heterocycles. The highest BCUT2D eigenvalue weighted by Gasteiger charge is 2.29. The highest BCUT2D eigenvalue weighted by molar-refractivity contribution is 6.05. The Kier molecular flexibility index (Phi) is 6.41. The zero-order valence-corrected chi connectivity index (χ0v) is 20.7. The van der Waals surface area contributed by atoms with Crippen LogP contribution in [0.5, 0.6) is 0 Å². The van der Waals surface area contributed by atoms with Gasteiger partial charge in [0.05, 0.1) is 17.6 Å². The van der Waals surface area contributed by atoms with Gasteiger partial charge >= 0.3 is 0 Å². The van der Waals surface area contributed by atoms with Crippen LogP contribution in [-0.4, -0.2) is 44.3 Å². The van der Waals surface area contributed by atoms with Crippen LogP contribution in [0.1, 0.15) is 62.4 Å². The van der Waals surface area contributed by atoms with Crippen molar-refractivity contribution in [2.45, 2.75) is 39.5 Å². The summed E-state index contributed by atoms with van der Waals surface area (Å²) in [6.45, 7) is 6.91. The number of benzene rings is 1. The van der Waals surface area contributed by atoms with Crippen LogP contribution in [0.25, 0.3) is 5.69 Å². The Labute approximate surface area is 210 Å². The van der Waals surface area contributed by atoms with E-state index in [1.54, 1.807) is 18.6 Å². The third kappa shape index (κ3) is 4.79. The Morgan fingerprint density at radius 1 is 1.03 bits per heavy atom. The minimum absolute atomic E-state index is 0.0843. The zero-order valence-electron chi connectivity index (χ0n) is 20.7. The molecule has 0 aliphatic carbocycles. The topological polar surface area (TPSA) is 93.3 Å². The first-order valence-corrected chi connectivity index (χ1v) is 12.1. The molecule has 1 aliphatic heterocycles. The Balaban J connectivity index is 1.28. The zero-order chi connectivity index (χ0) is 25.2. The van der Waals surface area contributed by atoms with E-state index in [1.165, 1.54) is 0 Å². The number of nitrogens with one attached hydrogen (secondary N) is 1. The van der Waals surface area contributed by atoms with Crippen LogP contribution in [0.15, 0.2) is 65.6 Å². The number of hydrogen-bond donors (Lipinski definition) is 1. The van der Waals surface area contributed by atoms with Crippen molar-refractivity contribution >= 4 is 17.5 Å². The molecule has 184 valence electrons. The number of rotatable bonds is 5. The third-order valence-corrected chi connectivity index (χ3v) is 6.78. The van der Waals surface area contributed by atoms with E-state index in [4.69, 9.17) is 9.40 Å². The average molecular weight is 484 g/mol. The second-order valence-electron chi connectivity index (χ2n) is 9.27. The lowest BCUT2D eigenvalue weighted by Gasteiger charge is -2.32. The van der Waals surface area contributed by atoms with Crippen molar-refractivity contribution in [2.75, 3.05) is 18.4 Å². The van der Waals surface area contributed by atoms with E-state index in [9.17, 15) is 9.59 Å². The maximum Gasteiger partial charge on any atom is 0.289 e. The van der Waals surface area contributed by atoms with Gasteiger partial charge in [-0.05, 0) is 81.6 Å². The normalized spacial score (nSPS) is 14.1. The lowest BCUT2D eigenvalue weighted by Crippen LogP contribution is -2.38. The van der Waals surface area contributed by atoms with Crippen LogP contribution in [0, 0.1) is 20.8 Å². The number of piperidine rings is 1. The molecule has 0 radical (unpaired) electrons.